The maximum Gasteiger partial charge on any atom is 0.348 e. The molecule has 272 valence electrons. The number of hydrogen-bond acceptors (Lipinski definition) is 11. The Morgan fingerprint density at radius 1 is 0.941 bits per heavy atom. The van der Waals surface area contributed by atoms with Gasteiger partial charge >= 0.3 is 11.9 Å². The summed E-state index contributed by atoms with van der Waals surface area (Å²) >= 11 is 14.2. The zero-order valence-electron chi connectivity index (χ0n) is 28.9. The summed E-state index contributed by atoms with van der Waals surface area (Å²) in [6.45, 7) is 4.29. The summed E-state index contributed by atoms with van der Waals surface area (Å²) < 4.78 is 28.1. The summed E-state index contributed by atoms with van der Waals surface area (Å²) in [5.41, 5.74) is 2.08. The molecule has 5 rings (SSSR count). The van der Waals surface area contributed by atoms with Crippen molar-refractivity contribution in [3.8, 4) is 11.5 Å². The highest BCUT2D eigenvalue weighted by atomic mass is 35.5. The number of aromatic nitrogens is 1. The molecular formula is C38H43Cl2N3O7S. The Bertz CT molecular complexity index is 1710. The van der Waals surface area contributed by atoms with E-state index in [9.17, 15) is 9.59 Å². The van der Waals surface area contributed by atoms with Gasteiger partial charge in [-0.1, -0.05) is 59.6 Å². The van der Waals surface area contributed by atoms with Crippen molar-refractivity contribution in [1.82, 2.24) is 15.2 Å². The number of pyridine rings is 1. The number of methoxy groups -OCH3 is 3. The van der Waals surface area contributed by atoms with Crippen LogP contribution in [0.5, 0.6) is 11.5 Å². The van der Waals surface area contributed by atoms with Gasteiger partial charge in [0.1, 0.15) is 17.0 Å². The molecule has 3 heterocycles. The molecule has 0 radical (unpaired) electrons. The Kier molecular flexibility index (Phi) is 14.5. The van der Waals surface area contributed by atoms with Crippen molar-refractivity contribution in [2.75, 3.05) is 54.2 Å². The minimum absolute atomic E-state index is 0.203. The second kappa shape index (κ2) is 19.2. The Morgan fingerprint density at radius 2 is 1.67 bits per heavy atom. The first-order valence-electron chi connectivity index (χ1n) is 16.7. The number of benzene rings is 2. The van der Waals surface area contributed by atoms with E-state index in [4.69, 9.17) is 46.9 Å². The summed E-state index contributed by atoms with van der Waals surface area (Å²) in [4.78, 5) is 34.7. The monoisotopic (exact) mass is 755 g/mol. The first kappa shape index (κ1) is 38.5. The Labute approximate surface area is 312 Å². The van der Waals surface area contributed by atoms with Crippen LogP contribution in [0, 0.1) is 5.92 Å². The van der Waals surface area contributed by atoms with Crippen molar-refractivity contribution in [3.63, 3.8) is 0 Å². The van der Waals surface area contributed by atoms with E-state index in [1.807, 2.05) is 36.4 Å². The normalized spacial score (nSPS) is 14.8. The molecule has 51 heavy (non-hydrogen) atoms. The predicted octanol–water partition coefficient (Wildman–Crippen LogP) is 7.34. The van der Waals surface area contributed by atoms with Crippen LogP contribution in [-0.4, -0.2) is 76.0 Å². The molecule has 4 aromatic rings. The third-order valence-corrected chi connectivity index (χ3v) is 10.6. The number of hydrogen-bond donors (Lipinski definition) is 1. The van der Waals surface area contributed by atoms with Gasteiger partial charge in [0, 0.05) is 43.9 Å². The number of thiophene rings is 1. The van der Waals surface area contributed by atoms with Crippen LogP contribution in [0.2, 0.25) is 10.0 Å². The number of carbonyl (C=O) groups is 2. The number of halogens is 2. The molecule has 0 spiro atoms. The minimum atomic E-state index is -0.756. The minimum Gasteiger partial charge on any atom is -0.493 e. The van der Waals surface area contributed by atoms with Gasteiger partial charge in [-0.3, -0.25) is 10.3 Å². The summed E-state index contributed by atoms with van der Waals surface area (Å²) in [7, 11) is 4.81. The van der Waals surface area contributed by atoms with E-state index in [0.717, 1.165) is 42.9 Å². The highest BCUT2D eigenvalue weighted by Crippen LogP contribution is 2.36. The van der Waals surface area contributed by atoms with Crippen LogP contribution < -0.4 is 14.8 Å². The van der Waals surface area contributed by atoms with Gasteiger partial charge < -0.3 is 28.6 Å². The largest absolute Gasteiger partial charge is 0.493 e. The van der Waals surface area contributed by atoms with Crippen molar-refractivity contribution in [2.24, 2.45) is 5.92 Å². The van der Waals surface area contributed by atoms with Crippen LogP contribution in [0.4, 0.5) is 0 Å². The molecule has 0 aliphatic carbocycles. The standard InChI is InChI=1S/C38H43Cl2N3O7S/c1-46-18-17-43-15-13-25(14-16-43)24-49-38(45)36(26-7-5-4-6-8-26)42-21-28-10-12-35(51-28)37(44)50-33(20-29-30(39)22-41-23-31(29)40)27-9-11-32(47-2)34(19-27)48-3/h4-12,19,22-23,25,33,36,42H,13-18,20-21,24H2,1-3H3/t33-,36?/m0/s1. The number of carbonyl (C=O) groups excluding carboxylic acids is 2. The third kappa shape index (κ3) is 10.7. The molecule has 2 aromatic carbocycles. The zero-order valence-corrected chi connectivity index (χ0v) is 31.3. The number of ether oxygens (including phenoxy) is 5. The lowest BCUT2D eigenvalue weighted by molar-refractivity contribution is -0.148. The molecule has 10 nitrogen and oxygen atoms in total. The molecule has 0 amide bonds. The first-order chi connectivity index (χ1) is 24.8. The van der Waals surface area contributed by atoms with Gasteiger partial charge in [-0.15, -0.1) is 11.3 Å². The van der Waals surface area contributed by atoms with Crippen molar-refractivity contribution in [1.29, 1.82) is 0 Å². The van der Waals surface area contributed by atoms with E-state index in [2.05, 4.69) is 15.2 Å². The average molecular weight is 757 g/mol. The second-order valence-corrected chi connectivity index (χ2v) is 14.2. The molecule has 1 aliphatic heterocycles. The van der Waals surface area contributed by atoms with Gasteiger partial charge in [0.15, 0.2) is 11.5 Å². The highest BCUT2D eigenvalue weighted by Gasteiger charge is 2.27. The summed E-state index contributed by atoms with van der Waals surface area (Å²) in [6.07, 6.45) is 4.40. The molecule has 0 bridgehead atoms. The number of rotatable bonds is 17. The van der Waals surface area contributed by atoms with Crippen molar-refractivity contribution < 1.29 is 33.3 Å². The van der Waals surface area contributed by atoms with E-state index in [1.54, 1.807) is 38.5 Å². The van der Waals surface area contributed by atoms with Gasteiger partial charge in [-0.05, 0) is 72.8 Å². The van der Waals surface area contributed by atoms with Gasteiger partial charge in [0.2, 0.25) is 0 Å². The lowest BCUT2D eigenvalue weighted by atomic mass is 9.98. The Morgan fingerprint density at radius 3 is 2.35 bits per heavy atom. The quantitative estimate of drug-likeness (QED) is 0.110. The van der Waals surface area contributed by atoms with Crippen molar-refractivity contribution in [2.45, 2.75) is 38.0 Å². The van der Waals surface area contributed by atoms with E-state index in [-0.39, 0.29) is 12.4 Å². The first-order valence-corrected chi connectivity index (χ1v) is 18.3. The fourth-order valence-electron chi connectivity index (χ4n) is 5.93. The fourth-order valence-corrected chi connectivity index (χ4v) is 7.30. The van der Waals surface area contributed by atoms with Crippen LogP contribution in [0.3, 0.4) is 0 Å². The Hall–Kier alpha value is -3.71. The Balaban J connectivity index is 1.25. The van der Waals surface area contributed by atoms with Crippen LogP contribution in [0.15, 0.2) is 73.1 Å². The molecule has 1 aliphatic rings. The number of esters is 2. The topological polar surface area (TPSA) is 108 Å². The molecule has 1 N–H and O–H groups in total. The summed E-state index contributed by atoms with van der Waals surface area (Å²) in [6, 6.07) is 17.7. The molecule has 2 atom stereocenters. The number of likely N-dealkylation sites (tertiary alicyclic amines) is 1. The van der Waals surface area contributed by atoms with Gasteiger partial charge in [0.25, 0.3) is 0 Å². The van der Waals surface area contributed by atoms with Crippen molar-refractivity contribution in [3.05, 3.63) is 110 Å². The number of nitrogens with zero attached hydrogens (tertiary/aromatic N) is 2. The number of nitrogens with one attached hydrogen (secondary N) is 1. The van der Waals surface area contributed by atoms with E-state index in [1.165, 1.54) is 30.8 Å². The lowest BCUT2D eigenvalue weighted by Crippen LogP contribution is -2.38. The predicted molar refractivity (Wildman–Crippen MR) is 198 cm³/mol. The molecule has 2 aromatic heterocycles. The van der Waals surface area contributed by atoms with Gasteiger partial charge in [-0.25, -0.2) is 9.59 Å². The maximum atomic E-state index is 13.6. The van der Waals surface area contributed by atoms with E-state index in [0.29, 0.717) is 63.2 Å². The number of piperidine rings is 1. The maximum absolute atomic E-state index is 13.6. The molecule has 1 saturated heterocycles. The molecule has 1 fully saturated rings. The third-order valence-electron chi connectivity index (χ3n) is 8.86. The lowest BCUT2D eigenvalue weighted by Gasteiger charge is -2.31. The second-order valence-electron chi connectivity index (χ2n) is 12.2. The zero-order chi connectivity index (χ0) is 36.2. The van der Waals surface area contributed by atoms with Crippen LogP contribution in [-0.2, 0) is 32.0 Å². The molecule has 0 saturated carbocycles. The molecule has 13 heteroatoms. The SMILES string of the molecule is COCCN1CCC(COC(=O)C(NCc2ccc(C(=O)O[C@@H](Cc3c(Cl)cncc3Cl)c3ccc(OC)c(OC)c3)s2)c2ccccc2)CC1. The summed E-state index contributed by atoms with van der Waals surface area (Å²) in [5, 5.41) is 4.09. The van der Waals surface area contributed by atoms with Crippen molar-refractivity contribution >= 4 is 46.5 Å². The van der Waals surface area contributed by atoms with E-state index >= 15 is 0 Å². The van der Waals surface area contributed by atoms with Crippen LogP contribution in [0.25, 0.3) is 0 Å². The van der Waals surface area contributed by atoms with E-state index < -0.39 is 18.1 Å². The van der Waals surface area contributed by atoms with Crippen LogP contribution in [0.1, 0.15) is 56.2 Å². The average Bonchev–Trinajstić information content (AvgIpc) is 3.64. The van der Waals surface area contributed by atoms with Gasteiger partial charge in [-0.2, -0.15) is 0 Å². The smallest absolute Gasteiger partial charge is 0.348 e. The summed E-state index contributed by atoms with van der Waals surface area (Å²) in [5.74, 6) is 0.509. The fraction of sp³-hybridized carbons (Fsp3) is 0.395. The highest BCUT2D eigenvalue weighted by molar-refractivity contribution is 7.13. The molecular weight excluding hydrogens is 713 g/mol. The molecule has 1 unspecified atom stereocenters. The van der Waals surface area contributed by atoms with Gasteiger partial charge in [0.05, 0.1) is 37.5 Å². The van der Waals surface area contributed by atoms with Crippen LogP contribution >= 0.6 is 34.5 Å².